The highest BCUT2D eigenvalue weighted by Gasteiger charge is 2.31. The van der Waals surface area contributed by atoms with Crippen molar-refractivity contribution in [3.63, 3.8) is 0 Å². The summed E-state index contributed by atoms with van der Waals surface area (Å²) in [5, 5.41) is 0. The molecule has 0 spiro atoms. The number of nitrogens with one attached hydrogen (secondary N) is 1. The van der Waals surface area contributed by atoms with E-state index in [1.165, 1.54) is 10.6 Å². The predicted molar refractivity (Wildman–Crippen MR) is 79.6 cm³/mol. The van der Waals surface area contributed by atoms with E-state index in [1.807, 2.05) is 6.92 Å². The third-order valence-electron chi connectivity index (χ3n) is 3.76. The molecule has 0 radical (unpaired) electrons. The van der Waals surface area contributed by atoms with Crippen molar-refractivity contribution in [2.45, 2.75) is 13.0 Å². The van der Waals surface area contributed by atoms with E-state index in [0.717, 1.165) is 11.5 Å². The zero-order valence-electron chi connectivity index (χ0n) is 12.6. The first-order valence-corrected chi connectivity index (χ1v) is 7.13. The Kier molecular flexibility index (Phi) is 3.81. The number of amides is 1. The molecule has 1 saturated heterocycles. The van der Waals surface area contributed by atoms with E-state index in [4.69, 9.17) is 4.74 Å². The van der Waals surface area contributed by atoms with Crippen LogP contribution < -0.4 is 5.56 Å². The second kappa shape index (κ2) is 5.76. The Morgan fingerprint density at radius 2 is 2.27 bits per heavy atom. The topological polar surface area (TPSA) is 80.2 Å². The van der Waals surface area contributed by atoms with Gasteiger partial charge in [0.05, 0.1) is 18.8 Å². The number of nitrogens with zero attached hydrogens (tertiary/aromatic N) is 3. The molecular weight excluding hydrogens is 284 g/mol. The summed E-state index contributed by atoms with van der Waals surface area (Å²) in [6.45, 7) is 3.31. The molecule has 0 aromatic carbocycles. The maximum absolute atomic E-state index is 12.8. The van der Waals surface area contributed by atoms with Gasteiger partial charge in [-0.3, -0.25) is 9.59 Å². The fraction of sp³-hybridized carbons (Fsp3) is 0.400. The standard InChI is InChI=1S/C15H18N4O3/c1-10-7-16-14(17-10)12-9-22-6-5-19(12)15(21)11-3-4-13(20)18(2)8-11/h3-4,7-8,12H,5-6,9H2,1-2H3,(H,16,17). The number of rotatable bonds is 2. The largest absolute Gasteiger partial charge is 0.377 e. The average Bonchev–Trinajstić information content (AvgIpc) is 2.96. The van der Waals surface area contributed by atoms with Crippen molar-refractivity contribution in [1.82, 2.24) is 19.4 Å². The van der Waals surface area contributed by atoms with Crippen molar-refractivity contribution < 1.29 is 9.53 Å². The summed E-state index contributed by atoms with van der Waals surface area (Å²) >= 11 is 0. The Hall–Kier alpha value is -2.41. The normalized spacial score (nSPS) is 18.5. The highest BCUT2D eigenvalue weighted by molar-refractivity contribution is 5.94. The predicted octanol–water partition coefficient (Wildman–Crippen LogP) is 0.631. The van der Waals surface area contributed by atoms with E-state index < -0.39 is 0 Å². The van der Waals surface area contributed by atoms with Crippen LogP contribution in [0.2, 0.25) is 0 Å². The van der Waals surface area contributed by atoms with Gasteiger partial charge < -0.3 is 19.2 Å². The molecule has 22 heavy (non-hydrogen) atoms. The lowest BCUT2D eigenvalue weighted by molar-refractivity contribution is -0.00505. The third-order valence-corrected chi connectivity index (χ3v) is 3.76. The number of pyridine rings is 1. The molecule has 3 heterocycles. The number of morpholine rings is 1. The van der Waals surface area contributed by atoms with Gasteiger partial charge in [-0.1, -0.05) is 0 Å². The lowest BCUT2D eigenvalue weighted by Gasteiger charge is -2.34. The molecule has 1 atom stereocenters. The summed E-state index contributed by atoms with van der Waals surface area (Å²) in [6, 6.07) is 2.72. The molecule has 2 aromatic rings. The second-order valence-electron chi connectivity index (χ2n) is 5.41. The van der Waals surface area contributed by atoms with Gasteiger partial charge in [0.25, 0.3) is 5.91 Å². The minimum atomic E-state index is -0.243. The molecule has 1 amide bonds. The Balaban J connectivity index is 1.91. The average molecular weight is 302 g/mol. The summed E-state index contributed by atoms with van der Waals surface area (Å²) in [6.07, 6.45) is 3.30. The first-order valence-electron chi connectivity index (χ1n) is 7.13. The first-order chi connectivity index (χ1) is 10.6. The third kappa shape index (κ3) is 2.67. The van der Waals surface area contributed by atoms with Crippen LogP contribution in [0.4, 0.5) is 0 Å². The van der Waals surface area contributed by atoms with Crippen LogP contribution in [0.3, 0.4) is 0 Å². The number of carbonyl (C=O) groups is 1. The van der Waals surface area contributed by atoms with E-state index >= 15 is 0 Å². The monoisotopic (exact) mass is 302 g/mol. The molecule has 1 N–H and O–H groups in total. The lowest BCUT2D eigenvalue weighted by Crippen LogP contribution is -2.44. The molecule has 1 aliphatic rings. The molecule has 1 unspecified atom stereocenters. The van der Waals surface area contributed by atoms with Crippen LogP contribution in [0, 0.1) is 6.92 Å². The molecule has 2 aromatic heterocycles. The second-order valence-corrected chi connectivity index (χ2v) is 5.41. The van der Waals surface area contributed by atoms with E-state index in [2.05, 4.69) is 9.97 Å². The molecular formula is C15H18N4O3. The van der Waals surface area contributed by atoms with Crippen LogP contribution in [0.5, 0.6) is 0 Å². The fourth-order valence-corrected chi connectivity index (χ4v) is 2.56. The van der Waals surface area contributed by atoms with E-state index in [0.29, 0.717) is 25.3 Å². The van der Waals surface area contributed by atoms with E-state index in [-0.39, 0.29) is 17.5 Å². The van der Waals surface area contributed by atoms with Gasteiger partial charge in [0, 0.05) is 37.7 Å². The maximum atomic E-state index is 12.8. The first kappa shape index (κ1) is 14.5. The smallest absolute Gasteiger partial charge is 0.256 e. The van der Waals surface area contributed by atoms with E-state index in [9.17, 15) is 9.59 Å². The van der Waals surface area contributed by atoms with Crippen molar-refractivity contribution in [2.24, 2.45) is 7.05 Å². The summed E-state index contributed by atoms with van der Waals surface area (Å²) in [5.74, 6) is 0.591. The van der Waals surface area contributed by atoms with E-state index in [1.54, 1.807) is 30.4 Å². The molecule has 0 aliphatic carbocycles. The number of aromatic amines is 1. The fourth-order valence-electron chi connectivity index (χ4n) is 2.56. The quantitative estimate of drug-likeness (QED) is 0.882. The Morgan fingerprint density at radius 1 is 1.45 bits per heavy atom. The Morgan fingerprint density at radius 3 is 2.95 bits per heavy atom. The number of aromatic nitrogens is 3. The molecule has 0 bridgehead atoms. The van der Waals surface area contributed by atoms with Gasteiger partial charge in [0.15, 0.2) is 0 Å². The van der Waals surface area contributed by atoms with Crippen LogP contribution in [0.15, 0.2) is 29.3 Å². The molecule has 7 nitrogen and oxygen atoms in total. The summed E-state index contributed by atoms with van der Waals surface area (Å²) in [7, 11) is 1.63. The molecule has 1 aliphatic heterocycles. The summed E-state index contributed by atoms with van der Waals surface area (Å²) in [5.41, 5.74) is 1.28. The molecule has 1 fully saturated rings. The number of carbonyl (C=O) groups excluding carboxylic acids is 1. The number of aryl methyl sites for hydroxylation is 2. The van der Waals surface area contributed by atoms with Gasteiger partial charge in [0.1, 0.15) is 11.9 Å². The summed E-state index contributed by atoms with van der Waals surface area (Å²) < 4.78 is 6.90. The minimum Gasteiger partial charge on any atom is -0.377 e. The van der Waals surface area contributed by atoms with Gasteiger partial charge in [-0.2, -0.15) is 0 Å². The number of hydrogen-bond acceptors (Lipinski definition) is 4. The lowest BCUT2D eigenvalue weighted by atomic mass is 10.1. The zero-order valence-corrected chi connectivity index (χ0v) is 12.6. The van der Waals surface area contributed by atoms with Crippen LogP contribution in [-0.2, 0) is 11.8 Å². The molecule has 0 saturated carbocycles. The highest BCUT2D eigenvalue weighted by atomic mass is 16.5. The summed E-state index contributed by atoms with van der Waals surface area (Å²) in [4.78, 5) is 33.4. The molecule has 7 heteroatoms. The number of ether oxygens (including phenoxy) is 1. The van der Waals surface area contributed by atoms with Crippen molar-refractivity contribution in [3.8, 4) is 0 Å². The maximum Gasteiger partial charge on any atom is 0.256 e. The number of imidazole rings is 1. The van der Waals surface area contributed by atoms with Gasteiger partial charge in [-0.05, 0) is 13.0 Å². The van der Waals surface area contributed by atoms with Gasteiger partial charge in [-0.25, -0.2) is 4.98 Å². The van der Waals surface area contributed by atoms with Crippen molar-refractivity contribution >= 4 is 5.91 Å². The van der Waals surface area contributed by atoms with Crippen LogP contribution in [-0.4, -0.2) is 45.1 Å². The zero-order chi connectivity index (χ0) is 15.7. The molecule has 116 valence electrons. The van der Waals surface area contributed by atoms with Gasteiger partial charge in [-0.15, -0.1) is 0 Å². The highest BCUT2D eigenvalue weighted by Crippen LogP contribution is 2.23. The van der Waals surface area contributed by atoms with Gasteiger partial charge in [0.2, 0.25) is 5.56 Å². The van der Waals surface area contributed by atoms with Gasteiger partial charge >= 0.3 is 0 Å². The molecule has 3 rings (SSSR count). The number of H-pyrrole nitrogens is 1. The Bertz CT molecular complexity index is 749. The van der Waals surface area contributed by atoms with Crippen LogP contribution in [0.1, 0.15) is 27.9 Å². The van der Waals surface area contributed by atoms with Crippen molar-refractivity contribution in [2.75, 3.05) is 19.8 Å². The van der Waals surface area contributed by atoms with Crippen molar-refractivity contribution in [3.05, 3.63) is 52.0 Å². The van der Waals surface area contributed by atoms with Crippen LogP contribution >= 0.6 is 0 Å². The van der Waals surface area contributed by atoms with Crippen molar-refractivity contribution in [1.29, 1.82) is 0 Å². The van der Waals surface area contributed by atoms with Crippen LogP contribution in [0.25, 0.3) is 0 Å². The minimum absolute atomic E-state index is 0.127. The SMILES string of the molecule is Cc1cnc(C2COCCN2C(=O)c2ccc(=O)n(C)c2)[nH]1. The number of hydrogen-bond donors (Lipinski definition) is 1. The Labute approximate surface area is 127 Å².